The van der Waals surface area contributed by atoms with Crippen LogP contribution in [0.1, 0.15) is 12.5 Å². The zero-order chi connectivity index (χ0) is 13.7. The highest BCUT2D eigenvalue weighted by atomic mass is 16.7. The fourth-order valence-electron chi connectivity index (χ4n) is 1.73. The standard InChI is InChI=1S/C12H18N2O4/c1-8-5-6-10(11(7-8)14(15)16)13-9(2)12(17-3)18-4/h5-7,9,12-13H,1-4H3. The van der Waals surface area contributed by atoms with Crippen molar-refractivity contribution >= 4 is 11.4 Å². The van der Waals surface area contributed by atoms with E-state index in [1.54, 1.807) is 6.07 Å². The van der Waals surface area contributed by atoms with Crippen LogP contribution in [0.2, 0.25) is 0 Å². The van der Waals surface area contributed by atoms with Gasteiger partial charge in [0, 0.05) is 20.3 Å². The molecule has 0 saturated carbocycles. The summed E-state index contributed by atoms with van der Waals surface area (Å²) >= 11 is 0. The van der Waals surface area contributed by atoms with Crippen molar-refractivity contribution < 1.29 is 14.4 Å². The van der Waals surface area contributed by atoms with Crippen molar-refractivity contribution in [2.45, 2.75) is 26.2 Å². The molecule has 0 spiro atoms. The van der Waals surface area contributed by atoms with Gasteiger partial charge >= 0.3 is 0 Å². The molecule has 0 amide bonds. The third-order valence-corrected chi connectivity index (χ3v) is 2.61. The third kappa shape index (κ3) is 3.41. The quantitative estimate of drug-likeness (QED) is 0.479. The van der Waals surface area contributed by atoms with Crippen LogP contribution < -0.4 is 5.32 Å². The van der Waals surface area contributed by atoms with Crippen molar-refractivity contribution in [1.82, 2.24) is 0 Å². The van der Waals surface area contributed by atoms with Gasteiger partial charge in [-0.15, -0.1) is 0 Å². The number of anilines is 1. The van der Waals surface area contributed by atoms with E-state index in [9.17, 15) is 10.1 Å². The second-order valence-electron chi connectivity index (χ2n) is 4.05. The SMILES string of the molecule is COC(OC)C(C)Nc1ccc(C)cc1[N+](=O)[O-]. The Morgan fingerprint density at radius 3 is 2.44 bits per heavy atom. The molecule has 0 aliphatic heterocycles. The zero-order valence-corrected chi connectivity index (χ0v) is 11.0. The molecule has 0 heterocycles. The number of methoxy groups -OCH3 is 2. The molecule has 6 heteroatoms. The van der Waals surface area contributed by atoms with E-state index in [1.807, 2.05) is 19.9 Å². The Morgan fingerprint density at radius 2 is 1.94 bits per heavy atom. The van der Waals surface area contributed by atoms with Crippen LogP contribution >= 0.6 is 0 Å². The van der Waals surface area contributed by atoms with Gasteiger partial charge in [0.1, 0.15) is 5.69 Å². The number of nitrogens with one attached hydrogen (secondary N) is 1. The highest BCUT2D eigenvalue weighted by Crippen LogP contribution is 2.26. The van der Waals surface area contributed by atoms with Crippen LogP contribution in [0.25, 0.3) is 0 Å². The van der Waals surface area contributed by atoms with Crippen LogP contribution in [0.4, 0.5) is 11.4 Å². The van der Waals surface area contributed by atoms with Crippen LogP contribution in [-0.2, 0) is 9.47 Å². The number of nitro groups is 1. The topological polar surface area (TPSA) is 73.6 Å². The van der Waals surface area contributed by atoms with Gasteiger partial charge in [0.2, 0.25) is 0 Å². The molecule has 0 aromatic heterocycles. The minimum Gasteiger partial charge on any atom is -0.372 e. The maximum Gasteiger partial charge on any atom is 0.292 e. The van der Waals surface area contributed by atoms with Crippen LogP contribution in [0.15, 0.2) is 18.2 Å². The van der Waals surface area contributed by atoms with Gasteiger partial charge in [0.05, 0.1) is 11.0 Å². The summed E-state index contributed by atoms with van der Waals surface area (Å²) in [7, 11) is 3.05. The van der Waals surface area contributed by atoms with Crippen molar-refractivity contribution in [1.29, 1.82) is 0 Å². The summed E-state index contributed by atoms with van der Waals surface area (Å²) < 4.78 is 10.2. The minimum atomic E-state index is -0.467. The summed E-state index contributed by atoms with van der Waals surface area (Å²) in [5.74, 6) is 0. The first-order valence-corrected chi connectivity index (χ1v) is 5.56. The maximum atomic E-state index is 11.0. The van der Waals surface area contributed by atoms with Gasteiger partial charge < -0.3 is 14.8 Å². The average Bonchev–Trinajstić information content (AvgIpc) is 2.32. The largest absolute Gasteiger partial charge is 0.372 e. The van der Waals surface area contributed by atoms with E-state index in [1.165, 1.54) is 20.3 Å². The van der Waals surface area contributed by atoms with Gasteiger partial charge in [0.15, 0.2) is 6.29 Å². The molecule has 6 nitrogen and oxygen atoms in total. The molecule has 1 aromatic rings. The van der Waals surface area contributed by atoms with Crippen molar-refractivity contribution in [3.8, 4) is 0 Å². The molecule has 1 atom stereocenters. The Balaban J connectivity index is 2.93. The fourth-order valence-corrected chi connectivity index (χ4v) is 1.73. The first-order valence-electron chi connectivity index (χ1n) is 5.56. The van der Waals surface area contributed by atoms with E-state index >= 15 is 0 Å². The smallest absolute Gasteiger partial charge is 0.292 e. The van der Waals surface area contributed by atoms with E-state index in [0.29, 0.717) is 5.69 Å². The van der Waals surface area contributed by atoms with Gasteiger partial charge in [-0.1, -0.05) is 6.07 Å². The van der Waals surface area contributed by atoms with E-state index in [0.717, 1.165) is 5.56 Å². The molecule has 0 aliphatic rings. The van der Waals surface area contributed by atoms with Gasteiger partial charge in [-0.2, -0.15) is 0 Å². The maximum absolute atomic E-state index is 11.0. The first-order chi connectivity index (χ1) is 8.49. The lowest BCUT2D eigenvalue weighted by molar-refractivity contribution is -0.384. The molecule has 0 fully saturated rings. The van der Waals surface area contributed by atoms with Gasteiger partial charge in [-0.3, -0.25) is 10.1 Å². The number of aryl methyl sites for hydroxylation is 1. The molecular weight excluding hydrogens is 236 g/mol. The lowest BCUT2D eigenvalue weighted by Crippen LogP contribution is -2.33. The molecule has 1 aromatic carbocycles. The minimum absolute atomic E-state index is 0.0489. The lowest BCUT2D eigenvalue weighted by Gasteiger charge is -2.23. The molecule has 0 saturated heterocycles. The molecule has 1 unspecified atom stereocenters. The van der Waals surface area contributed by atoms with Crippen LogP contribution in [0, 0.1) is 17.0 Å². The van der Waals surface area contributed by atoms with E-state index in [-0.39, 0.29) is 11.7 Å². The summed E-state index contributed by atoms with van der Waals surface area (Å²) in [5.41, 5.74) is 1.35. The molecular formula is C12H18N2O4. The second-order valence-corrected chi connectivity index (χ2v) is 4.05. The third-order valence-electron chi connectivity index (χ3n) is 2.61. The number of hydrogen-bond donors (Lipinski definition) is 1. The molecule has 1 rings (SSSR count). The number of nitrogens with zero attached hydrogens (tertiary/aromatic N) is 1. The monoisotopic (exact) mass is 254 g/mol. The van der Waals surface area contributed by atoms with Crippen molar-refractivity contribution in [2.75, 3.05) is 19.5 Å². The van der Waals surface area contributed by atoms with Crippen LogP contribution in [-0.4, -0.2) is 31.5 Å². The number of ether oxygens (including phenoxy) is 2. The lowest BCUT2D eigenvalue weighted by atomic mass is 10.1. The number of nitro benzene ring substituents is 1. The zero-order valence-electron chi connectivity index (χ0n) is 11.0. The highest BCUT2D eigenvalue weighted by molar-refractivity contribution is 5.62. The first kappa shape index (κ1) is 14.4. The van der Waals surface area contributed by atoms with Crippen molar-refractivity contribution in [2.24, 2.45) is 0 Å². The Bertz CT molecular complexity index is 419. The number of hydrogen-bond acceptors (Lipinski definition) is 5. The van der Waals surface area contributed by atoms with Gasteiger partial charge in [-0.25, -0.2) is 0 Å². The number of rotatable bonds is 6. The Labute approximate surface area is 106 Å². The molecule has 0 aliphatic carbocycles. The molecule has 1 N–H and O–H groups in total. The predicted molar refractivity (Wildman–Crippen MR) is 68.7 cm³/mol. The van der Waals surface area contributed by atoms with Gasteiger partial charge in [0.25, 0.3) is 5.69 Å². The summed E-state index contributed by atoms with van der Waals surface area (Å²) in [6.45, 7) is 3.65. The van der Waals surface area contributed by atoms with E-state index < -0.39 is 11.2 Å². The highest BCUT2D eigenvalue weighted by Gasteiger charge is 2.20. The van der Waals surface area contributed by atoms with E-state index in [4.69, 9.17) is 9.47 Å². The molecule has 18 heavy (non-hydrogen) atoms. The normalized spacial score (nSPS) is 12.5. The predicted octanol–water partition coefficient (Wildman–Crippen LogP) is 2.32. The summed E-state index contributed by atoms with van der Waals surface area (Å²) in [6.07, 6.45) is -0.467. The molecule has 0 radical (unpaired) electrons. The van der Waals surface area contributed by atoms with Crippen LogP contribution in [0.5, 0.6) is 0 Å². The number of benzene rings is 1. The van der Waals surface area contributed by atoms with E-state index in [2.05, 4.69) is 5.32 Å². The van der Waals surface area contributed by atoms with Crippen molar-refractivity contribution in [3.05, 3.63) is 33.9 Å². The van der Waals surface area contributed by atoms with Crippen LogP contribution in [0.3, 0.4) is 0 Å². The average molecular weight is 254 g/mol. The molecule has 0 bridgehead atoms. The molecule has 100 valence electrons. The summed E-state index contributed by atoms with van der Waals surface area (Å²) in [6, 6.07) is 4.83. The Kier molecular flexibility index (Phi) is 5.06. The summed E-state index contributed by atoms with van der Waals surface area (Å²) in [5, 5.41) is 14.0. The Morgan fingerprint density at radius 1 is 1.33 bits per heavy atom. The Hall–Kier alpha value is -1.66. The summed E-state index contributed by atoms with van der Waals surface area (Å²) in [4.78, 5) is 10.6. The van der Waals surface area contributed by atoms with Crippen molar-refractivity contribution in [3.63, 3.8) is 0 Å². The fraction of sp³-hybridized carbons (Fsp3) is 0.500. The second kappa shape index (κ2) is 6.32. The van der Waals surface area contributed by atoms with Gasteiger partial charge in [-0.05, 0) is 25.5 Å².